The van der Waals surface area contributed by atoms with Crippen molar-refractivity contribution in [2.75, 3.05) is 44.6 Å². The molecule has 1 aromatic carbocycles. The predicted molar refractivity (Wildman–Crippen MR) is 86.5 cm³/mol. The highest BCUT2D eigenvalue weighted by Crippen LogP contribution is 2.10. The summed E-state index contributed by atoms with van der Waals surface area (Å²) in [6.07, 6.45) is 0.945. The summed E-state index contributed by atoms with van der Waals surface area (Å²) < 4.78 is 0. The van der Waals surface area contributed by atoms with Crippen LogP contribution in [0.4, 0.5) is 5.69 Å². The number of hydrogen-bond donors (Lipinski definition) is 2. The molecule has 0 saturated carbocycles. The number of benzene rings is 1. The van der Waals surface area contributed by atoms with Crippen molar-refractivity contribution in [2.45, 2.75) is 13.3 Å². The Morgan fingerprint density at radius 2 is 1.77 bits per heavy atom. The number of hydrogen-bond acceptors (Lipinski definition) is 4. The van der Waals surface area contributed by atoms with Gasteiger partial charge in [0.15, 0.2) is 0 Å². The summed E-state index contributed by atoms with van der Waals surface area (Å²) in [5.74, 6) is -1.04. The molecule has 1 fully saturated rings. The second kappa shape index (κ2) is 7.91. The van der Waals surface area contributed by atoms with E-state index in [2.05, 4.69) is 17.1 Å². The van der Waals surface area contributed by atoms with E-state index in [1.54, 1.807) is 4.90 Å². The highest BCUT2D eigenvalue weighted by Gasteiger charge is 2.25. The van der Waals surface area contributed by atoms with Gasteiger partial charge in [0, 0.05) is 45.0 Å². The van der Waals surface area contributed by atoms with Gasteiger partial charge in [-0.05, 0) is 24.1 Å². The average molecular weight is 304 g/mol. The maximum absolute atomic E-state index is 12.2. The van der Waals surface area contributed by atoms with Crippen LogP contribution in [0.15, 0.2) is 24.3 Å². The normalized spacial score (nSPS) is 15.6. The molecule has 2 rings (SSSR count). The van der Waals surface area contributed by atoms with Gasteiger partial charge in [0.1, 0.15) is 0 Å². The second-order valence-corrected chi connectivity index (χ2v) is 5.43. The summed E-state index contributed by atoms with van der Waals surface area (Å²) in [6.45, 7) is 6.19. The molecule has 1 heterocycles. The van der Waals surface area contributed by atoms with Crippen LogP contribution in [-0.4, -0.2) is 60.9 Å². The van der Waals surface area contributed by atoms with E-state index in [1.165, 1.54) is 5.56 Å². The van der Waals surface area contributed by atoms with Crippen LogP contribution in [0.5, 0.6) is 0 Å². The van der Waals surface area contributed by atoms with Crippen molar-refractivity contribution in [1.29, 1.82) is 0 Å². The van der Waals surface area contributed by atoms with Crippen LogP contribution in [0.3, 0.4) is 0 Å². The molecule has 1 aromatic rings. The first kappa shape index (κ1) is 16.5. The molecule has 0 spiro atoms. The Morgan fingerprint density at radius 3 is 2.32 bits per heavy atom. The largest absolute Gasteiger partial charge is 0.332 e. The van der Waals surface area contributed by atoms with Gasteiger partial charge in [-0.3, -0.25) is 14.5 Å². The number of nitrogens with two attached hydrogens (primary N) is 1. The van der Waals surface area contributed by atoms with Crippen molar-refractivity contribution in [1.82, 2.24) is 9.80 Å². The van der Waals surface area contributed by atoms with Crippen LogP contribution < -0.4 is 11.1 Å². The summed E-state index contributed by atoms with van der Waals surface area (Å²) in [6, 6.07) is 7.55. The molecule has 0 aliphatic carbocycles. The minimum atomic E-state index is -0.573. The molecule has 1 aliphatic heterocycles. The maximum atomic E-state index is 12.2. The molecule has 2 amide bonds. The first-order chi connectivity index (χ1) is 10.6. The van der Waals surface area contributed by atoms with Gasteiger partial charge in [-0.15, -0.1) is 0 Å². The van der Waals surface area contributed by atoms with Gasteiger partial charge in [0.25, 0.3) is 0 Å². The van der Waals surface area contributed by atoms with Gasteiger partial charge in [0.05, 0.1) is 0 Å². The van der Waals surface area contributed by atoms with E-state index >= 15 is 0 Å². The van der Waals surface area contributed by atoms with E-state index in [9.17, 15) is 9.59 Å². The number of nitrogens with one attached hydrogen (secondary N) is 1. The van der Waals surface area contributed by atoms with Crippen LogP contribution in [0, 0.1) is 0 Å². The first-order valence-corrected chi connectivity index (χ1v) is 7.75. The molecule has 0 radical (unpaired) electrons. The van der Waals surface area contributed by atoms with Gasteiger partial charge < -0.3 is 16.0 Å². The number of rotatable bonds is 4. The van der Waals surface area contributed by atoms with Gasteiger partial charge in [-0.1, -0.05) is 19.1 Å². The Bertz CT molecular complexity index is 507. The number of nitrogens with zero attached hydrogens (tertiary/aromatic N) is 2. The third kappa shape index (κ3) is 4.29. The summed E-state index contributed by atoms with van der Waals surface area (Å²) in [5.41, 5.74) is 7.37. The van der Waals surface area contributed by atoms with Crippen molar-refractivity contribution in [3.63, 3.8) is 0 Å². The lowest BCUT2D eigenvalue weighted by molar-refractivity contribution is -0.144. The van der Waals surface area contributed by atoms with Crippen molar-refractivity contribution < 1.29 is 9.59 Å². The molecule has 1 aliphatic rings. The molecule has 120 valence electrons. The maximum Gasteiger partial charge on any atom is 0.313 e. The third-order valence-corrected chi connectivity index (χ3v) is 3.92. The number of carbonyl (C=O) groups excluding carboxylic acids is 2. The molecule has 6 nitrogen and oxygen atoms in total. The number of anilines is 1. The van der Waals surface area contributed by atoms with E-state index in [0.29, 0.717) is 25.3 Å². The average Bonchev–Trinajstić information content (AvgIpc) is 2.56. The molecule has 0 aromatic heterocycles. The fraction of sp³-hybridized carbons (Fsp3) is 0.500. The van der Waals surface area contributed by atoms with Gasteiger partial charge in [-0.25, -0.2) is 0 Å². The van der Waals surface area contributed by atoms with Crippen LogP contribution >= 0.6 is 0 Å². The van der Waals surface area contributed by atoms with Gasteiger partial charge in [0.2, 0.25) is 0 Å². The lowest BCUT2D eigenvalue weighted by Crippen LogP contribution is -2.52. The molecule has 6 heteroatoms. The number of amides is 2. The molecule has 0 bridgehead atoms. The Labute approximate surface area is 131 Å². The Balaban J connectivity index is 1.85. The molecule has 0 atom stereocenters. The number of carbonyl (C=O) groups is 2. The zero-order valence-corrected chi connectivity index (χ0v) is 13.0. The molecule has 0 unspecified atom stereocenters. The SMILES string of the molecule is CCc1ccc(NC(=O)C(=O)N2CCN(CCN)CC2)cc1. The summed E-state index contributed by atoms with van der Waals surface area (Å²) in [4.78, 5) is 28.0. The summed E-state index contributed by atoms with van der Waals surface area (Å²) >= 11 is 0. The quantitative estimate of drug-likeness (QED) is 0.784. The highest BCUT2D eigenvalue weighted by molar-refractivity contribution is 6.39. The first-order valence-electron chi connectivity index (χ1n) is 7.75. The molecular formula is C16H24N4O2. The number of piperazine rings is 1. The zero-order chi connectivity index (χ0) is 15.9. The fourth-order valence-electron chi connectivity index (χ4n) is 2.51. The zero-order valence-electron chi connectivity index (χ0n) is 13.0. The molecular weight excluding hydrogens is 280 g/mol. The molecule has 1 saturated heterocycles. The number of aryl methyl sites for hydroxylation is 1. The lowest BCUT2D eigenvalue weighted by atomic mass is 10.1. The van der Waals surface area contributed by atoms with E-state index in [0.717, 1.165) is 26.1 Å². The minimum Gasteiger partial charge on any atom is -0.332 e. The van der Waals surface area contributed by atoms with E-state index < -0.39 is 11.8 Å². The van der Waals surface area contributed by atoms with E-state index in [1.807, 2.05) is 24.3 Å². The second-order valence-electron chi connectivity index (χ2n) is 5.43. The lowest BCUT2D eigenvalue weighted by Gasteiger charge is -2.34. The van der Waals surface area contributed by atoms with Crippen LogP contribution in [0.2, 0.25) is 0 Å². The van der Waals surface area contributed by atoms with Gasteiger partial charge in [-0.2, -0.15) is 0 Å². The van der Waals surface area contributed by atoms with Crippen molar-refractivity contribution in [3.8, 4) is 0 Å². The van der Waals surface area contributed by atoms with Crippen molar-refractivity contribution in [2.24, 2.45) is 5.73 Å². The predicted octanol–water partition coefficient (Wildman–Crippen LogP) is 0.290. The smallest absolute Gasteiger partial charge is 0.313 e. The third-order valence-electron chi connectivity index (χ3n) is 3.92. The van der Waals surface area contributed by atoms with E-state index in [4.69, 9.17) is 5.73 Å². The standard InChI is InChI=1S/C16H24N4O2/c1-2-13-3-5-14(6-4-13)18-15(21)16(22)20-11-9-19(8-7-17)10-12-20/h3-6H,2,7-12,17H2,1H3,(H,18,21). The summed E-state index contributed by atoms with van der Waals surface area (Å²) in [7, 11) is 0. The van der Waals surface area contributed by atoms with Crippen molar-refractivity contribution >= 4 is 17.5 Å². The Morgan fingerprint density at radius 1 is 1.14 bits per heavy atom. The molecule has 3 N–H and O–H groups in total. The van der Waals surface area contributed by atoms with E-state index in [-0.39, 0.29) is 0 Å². The highest BCUT2D eigenvalue weighted by atomic mass is 16.2. The monoisotopic (exact) mass is 304 g/mol. The van der Waals surface area contributed by atoms with Crippen LogP contribution in [-0.2, 0) is 16.0 Å². The molecule has 22 heavy (non-hydrogen) atoms. The summed E-state index contributed by atoms with van der Waals surface area (Å²) in [5, 5.41) is 2.66. The van der Waals surface area contributed by atoms with Crippen LogP contribution in [0.1, 0.15) is 12.5 Å². The minimum absolute atomic E-state index is 0.466. The van der Waals surface area contributed by atoms with Crippen LogP contribution in [0.25, 0.3) is 0 Å². The van der Waals surface area contributed by atoms with Crippen molar-refractivity contribution in [3.05, 3.63) is 29.8 Å². The topological polar surface area (TPSA) is 78.7 Å². The Hall–Kier alpha value is -1.92. The van der Waals surface area contributed by atoms with Gasteiger partial charge >= 0.3 is 11.8 Å². The fourth-order valence-corrected chi connectivity index (χ4v) is 2.51. The Kier molecular flexibility index (Phi) is 5.91.